The van der Waals surface area contributed by atoms with Crippen LogP contribution in [0.1, 0.15) is 11.6 Å². The van der Waals surface area contributed by atoms with Gasteiger partial charge in [0.1, 0.15) is 12.1 Å². The van der Waals surface area contributed by atoms with Gasteiger partial charge in [-0.3, -0.25) is 20.6 Å². The van der Waals surface area contributed by atoms with Gasteiger partial charge in [0.25, 0.3) is 5.91 Å². The Labute approximate surface area is 106 Å². The number of carbonyl (C=O) groups excluding carboxylic acids is 2. The molecule has 0 aliphatic heterocycles. The Balaban J connectivity index is 2.91. The molecule has 0 fully saturated rings. The van der Waals surface area contributed by atoms with Crippen LogP contribution in [-0.2, 0) is 14.3 Å². The van der Waals surface area contributed by atoms with Crippen LogP contribution in [0.3, 0.4) is 0 Å². The third-order valence-electron chi connectivity index (χ3n) is 2.43. The van der Waals surface area contributed by atoms with E-state index in [9.17, 15) is 9.59 Å². The standard InChI is InChI=1S/C13H15N2O3/c1-3-10(13(17)18-2)15-11(12(14)16)9-7-5-4-6-8-9/h3-8,10-11,14-15H,1H2,2H3. The van der Waals surface area contributed by atoms with Gasteiger partial charge >= 0.3 is 5.97 Å². The van der Waals surface area contributed by atoms with Gasteiger partial charge in [0.15, 0.2) is 0 Å². The van der Waals surface area contributed by atoms with Crippen molar-refractivity contribution < 1.29 is 14.3 Å². The van der Waals surface area contributed by atoms with Crippen LogP contribution in [0.4, 0.5) is 0 Å². The van der Waals surface area contributed by atoms with E-state index in [0.717, 1.165) is 0 Å². The second kappa shape index (κ2) is 6.56. The highest BCUT2D eigenvalue weighted by atomic mass is 16.5. The summed E-state index contributed by atoms with van der Waals surface area (Å²) in [5.41, 5.74) is 7.87. The minimum absolute atomic E-state index is 0.549. The number of hydrogen-bond acceptors (Lipinski definition) is 4. The lowest BCUT2D eigenvalue weighted by atomic mass is 10.1. The Morgan fingerprint density at radius 2 is 2.00 bits per heavy atom. The third kappa shape index (κ3) is 3.43. The predicted molar refractivity (Wildman–Crippen MR) is 66.4 cm³/mol. The minimum atomic E-state index is -0.881. The van der Waals surface area contributed by atoms with Crippen molar-refractivity contribution in [3.63, 3.8) is 0 Å². The van der Waals surface area contributed by atoms with E-state index in [1.165, 1.54) is 13.2 Å². The fourth-order valence-corrected chi connectivity index (χ4v) is 1.51. The van der Waals surface area contributed by atoms with Crippen molar-refractivity contribution in [3.8, 4) is 0 Å². The molecule has 1 rings (SSSR count). The van der Waals surface area contributed by atoms with Crippen LogP contribution >= 0.6 is 0 Å². The molecular formula is C13H15N2O3. The first-order valence-corrected chi connectivity index (χ1v) is 5.37. The molecule has 2 atom stereocenters. The zero-order valence-corrected chi connectivity index (χ0v) is 10.1. The van der Waals surface area contributed by atoms with Gasteiger partial charge in [0.05, 0.1) is 7.11 Å². The summed E-state index contributed by atoms with van der Waals surface area (Å²) in [6.07, 6.45) is 1.34. The number of carbonyl (C=O) groups is 2. The summed E-state index contributed by atoms with van der Waals surface area (Å²) in [4.78, 5) is 22.7. The summed E-state index contributed by atoms with van der Waals surface area (Å²) in [7, 11) is 1.25. The quantitative estimate of drug-likeness (QED) is 0.597. The predicted octanol–water partition coefficient (Wildman–Crippen LogP) is 0.854. The average Bonchev–Trinajstić information content (AvgIpc) is 2.39. The number of rotatable bonds is 6. The van der Waals surface area contributed by atoms with Gasteiger partial charge in [-0.1, -0.05) is 36.4 Å². The largest absolute Gasteiger partial charge is 0.468 e. The van der Waals surface area contributed by atoms with Crippen LogP contribution in [0.5, 0.6) is 0 Å². The molecule has 0 aliphatic rings. The fraction of sp³-hybridized carbons (Fsp3) is 0.231. The second-order valence-electron chi connectivity index (χ2n) is 3.61. The average molecular weight is 247 g/mol. The molecule has 0 aromatic heterocycles. The molecule has 1 aromatic carbocycles. The zero-order valence-electron chi connectivity index (χ0n) is 10.1. The van der Waals surface area contributed by atoms with E-state index in [2.05, 4.69) is 16.6 Å². The lowest BCUT2D eigenvalue weighted by Crippen LogP contribution is -2.41. The van der Waals surface area contributed by atoms with Crippen LogP contribution in [0, 0.1) is 0 Å². The Kier molecular flexibility index (Phi) is 5.07. The van der Waals surface area contributed by atoms with E-state index in [-0.39, 0.29) is 0 Å². The highest BCUT2D eigenvalue weighted by Crippen LogP contribution is 2.13. The van der Waals surface area contributed by atoms with Crippen molar-refractivity contribution >= 4 is 11.9 Å². The number of amides is 1. The zero-order chi connectivity index (χ0) is 13.5. The van der Waals surface area contributed by atoms with Gasteiger partial charge in [0.2, 0.25) is 0 Å². The summed E-state index contributed by atoms with van der Waals surface area (Å²) >= 11 is 0. The fourth-order valence-electron chi connectivity index (χ4n) is 1.51. The first-order valence-electron chi connectivity index (χ1n) is 5.37. The Bertz CT molecular complexity index is 431. The smallest absolute Gasteiger partial charge is 0.326 e. The van der Waals surface area contributed by atoms with Crippen molar-refractivity contribution in [2.24, 2.45) is 0 Å². The summed E-state index contributed by atoms with van der Waals surface area (Å²) in [6.45, 7) is 3.50. The molecule has 1 aromatic rings. The molecule has 5 heteroatoms. The van der Waals surface area contributed by atoms with Crippen molar-refractivity contribution in [2.45, 2.75) is 12.1 Å². The normalized spacial score (nSPS) is 13.4. The third-order valence-corrected chi connectivity index (χ3v) is 2.43. The minimum Gasteiger partial charge on any atom is -0.468 e. The maximum Gasteiger partial charge on any atom is 0.326 e. The number of esters is 1. The maximum absolute atomic E-state index is 11.4. The highest BCUT2D eigenvalue weighted by molar-refractivity contribution is 5.83. The molecule has 0 saturated carbocycles. The molecule has 2 N–H and O–H groups in total. The molecule has 0 heterocycles. The maximum atomic E-state index is 11.4. The molecule has 0 bridgehead atoms. The molecule has 5 nitrogen and oxygen atoms in total. The number of ether oxygens (including phenoxy) is 1. The van der Waals surface area contributed by atoms with Crippen molar-refractivity contribution in [3.05, 3.63) is 48.6 Å². The molecule has 1 amide bonds. The van der Waals surface area contributed by atoms with Gasteiger partial charge in [-0.25, -0.2) is 0 Å². The molecule has 0 aliphatic carbocycles. The molecule has 0 spiro atoms. The van der Waals surface area contributed by atoms with Crippen molar-refractivity contribution in [1.82, 2.24) is 11.1 Å². The monoisotopic (exact) mass is 247 g/mol. The molecule has 18 heavy (non-hydrogen) atoms. The van der Waals surface area contributed by atoms with E-state index in [1.807, 2.05) is 0 Å². The summed E-state index contributed by atoms with van der Waals surface area (Å²) in [5, 5.41) is 2.74. The van der Waals surface area contributed by atoms with Crippen LogP contribution in [0.15, 0.2) is 43.0 Å². The molecule has 0 saturated heterocycles. The van der Waals surface area contributed by atoms with Crippen molar-refractivity contribution in [1.29, 1.82) is 0 Å². The number of methoxy groups -OCH3 is 1. The van der Waals surface area contributed by atoms with Gasteiger partial charge in [-0.15, -0.1) is 6.58 Å². The van der Waals surface area contributed by atoms with E-state index in [4.69, 9.17) is 5.73 Å². The van der Waals surface area contributed by atoms with Gasteiger partial charge in [-0.2, -0.15) is 0 Å². The summed E-state index contributed by atoms with van der Waals surface area (Å²) in [5.74, 6) is -1.37. The topological polar surface area (TPSA) is 79.2 Å². The molecule has 1 radical (unpaired) electrons. The van der Waals surface area contributed by atoms with Crippen LogP contribution in [0.2, 0.25) is 0 Å². The number of benzene rings is 1. The van der Waals surface area contributed by atoms with Crippen LogP contribution in [-0.4, -0.2) is 25.0 Å². The summed E-state index contributed by atoms with van der Waals surface area (Å²) in [6, 6.07) is 7.04. The van der Waals surface area contributed by atoms with Crippen LogP contribution < -0.4 is 11.1 Å². The number of nitrogens with one attached hydrogen (secondary N) is 2. The summed E-state index contributed by atoms with van der Waals surface area (Å²) < 4.78 is 4.57. The lowest BCUT2D eigenvalue weighted by Gasteiger charge is -2.19. The van der Waals surface area contributed by atoms with Gasteiger partial charge < -0.3 is 4.74 Å². The van der Waals surface area contributed by atoms with E-state index in [0.29, 0.717) is 5.56 Å². The molecule has 2 unspecified atom stereocenters. The first-order chi connectivity index (χ1) is 8.60. The van der Waals surface area contributed by atoms with Gasteiger partial charge in [-0.05, 0) is 5.56 Å². The van der Waals surface area contributed by atoms with Crippen LogP contribution in [0.25, 0.3) is 0 Å². The Morgan fingerprint density at radius 1 is 1.39 bits per heavy atom. The van der Waals surface area contributed by atoms with Gasteiger partial charge in [0, 0.05) is 0 Å². The number of hydrogen-bond donors (Lipinski definition) is 1. The SMILES string of the molecule is C=CC(NC(C([NH])=O)c1ccccc1)C(=O)OC. The first kappa shape index (κ1) is 13.9. The van der Waals surface area contributed by atoms with Crippen molar-refractivity contribution in [2.75, 3.05) is 7.11 Å². The molecule has 95 valence electrons. The Hall–Kier alpha value is -2.14. The molecular weight excluding hydrogens is 232 g/mol. The lowest BCUT2D eigenvalue weighted by molar-refractivity contribution is -0.142. The highest BCUT2D eigenvalue weighted by Gasteiger charge is 2.24. The van der Waals surface area contributed by atoms with E-state index < -0.39 is 24.0 Å². The van der Waals surface area contributed by atoms with E-state index in [1.54, 1.807) is 30.3 Å². The second-order valence-corrected chi connectivity index (χ2v) is 3.61. The Morgan fingerprint density at radius 3 is 2.44 bits per heavy atom. The van der Waals surface area contributed by atoms with E-state index >= 15 is 0 Å².